The third-order valence-electron chi connectivity index (χ3n) is 3.05. The third-order valence-corrected chi connectivity index (χ3v) is 3.05. The van der Waals surface area contributed by atoms with E-state index in [0.29, 0.717) is 12.2 Å². The molecule has 0 aromatic heterocycles. The molecular formula is C13H20N2O. The van der Waals surface area contributed by atoms with Crippen molar-refractivity contribution in [3.05, 3.63) is 37.0 Å². The summed E-state index contributed by atoms with van der Waals surface area (Å²) in [6, 6.07) is 0. The van der Waals surface area contributed by atoms with Crippen molar-refractivity contribution in [1.82, 2.24) is 10.2 Å². The maximum absolute atomic E-state index is 5.86. The summed E-state index contributed by atoms with van der Waals surface area (Å²) >= 11 is 0. The lowest BCUT2D eigenvalue weighted by Crippen LogP contribution is -2.58. The predicted molar refractivity (Wildman–Crippen MR) is 66.4 cm³/mol. The van der Waals surface area contributed by atoms with E-state index in [1.165, 1.54) is 5.57 Å². The first-order chi connectivity index (χ1) is 7.81. The second-order valence-corrected chi connectivity index (χ2v) is 4.41. The van der Waals surface area contributed by atoms with Crippen molar-refractivity contribution in [2.24, 2.45) is 0 Å². The topological polar surface area (TPSA) is 24.5 Å². The molecule has 0 saturated carbocycles. The molecular weight excluding hydrogens is 200 g/mol. The molecule has 2 unspecified atom stereocenters. The normalized spacial score (nSPS) is 31.1. The Morgan fingerprint density at radius 3 is 2.56 bits per heavy atom. The summed E-state index contributed by atoms with van der Waals surface area (Å²) in [6.45, 7) is 12.5. The number of allylic oxidation sites excluding steroid dienone is 2. The first-order valence-electron chi connectivity index (χ1n) is 5.84. The van der Waals surface area contributed by atoms with Gasteiger partial charge < -0.3 is 10.1 Å². The van der Waals surface area contributed by atoms with E-state index in [0.717, 1.165) is 32.7 Å². The minimum Gasteiger partial charge on any atom is -0.370 e. The lowest BCUT2D eigenvalue weighted by molar-refractivity contribution is -0.100. The van der Waals surface area contributed by atoms with Gasteiger partial charge in [-0.05, 0) is 5.57 Å². The highest BCUT2D eigenvalue weighted by molar-refractivity contribution is 5.22. The van der Waals surface area contributed by atoms with Gasteiger partial charge in [-0.3, -0.25) is 4.90 Å². The fraction of sp³-hybridized carbons (Fsp3) is 0.538. The molecule has 0 radical (unpaired) electrons. The van der Waals surface area contributed by atoms with E-state index in [1.54, 1.807) is 0 Å². The monoisotopic (exact) mass is 220 g/mol. The van der Waals surface area contributed by atoms with Crippen LogP contribution in [0.25, 0.3) is 0 Å². The van der Waals surface area contributed by atoms with Gasteiger partial charge in [-0.2, -0.15) is 0 Å². The van der Waals surface area contributed by atoms with Gasteiger partial charge in [0.05, 0.1) is 12.2 Å². The molecule has 2 heterocycles. The molecule has 0 aromatic rings. The summed E-state index contributed by atoms with van der Waals surface area (Å²) in [5, 5.41) is 3.40. The maximum Gasteiger partial charge on any atom is 0.0831 e. The van der Waals surface area contributed by atoms with Crippen LogP contribution >= 0.6 is 0 Å². The maximum atomic E-state index is 5.86. The molecule has 16 heavy (non-hydrogen) atoms. The molecule has 2 fully saturated rings. The first-order valence-corrected chi connectivity index (χ1v) is 5.84. The van der Waals surface area contributed by atoms with Crippen LogP contribution < -0.4 is 5.32 Å². The van der Waals surface area contributed by atoms with E-state index in [1.807, 2.05) is 18.2 Å². The van der Waals surface area contributed by atoms with Crippen molar-refractivity contribution in [3.8, 4) is 0 Å². The second kappa shape index (κ2) is 5.43. The standard InChI is InChI=1S/C13H20N2O/c1-3-5-11(4-2)8-15-9-12-6-14-7-13(10-15)16-12/h3-5,12-14H,1-2,6-10H2/b11-5+. The smallest absolute Gasteiger partial charge is 0.0831 e. The number of fused-ring (bicyclic) bond motifs is 2. The van der Waals surface area contributed by atoms with E-state index in [4.69, 9.17) is 4.74 Å². The predicted octanol–water partition coefficient (Wildman–Crippen LogP) is 0.957. The van der Waals surface area contributed by atoms with Gasteiger partial charge in [0.1, 0.15) is 0 Å². The number of morpholine rings is 2. The van der Waals surface area contributed by atoms with Crippen LogP contribution in [0.5, 0.6) is 0 Å². The summed E-state index contributed by atoms with van der Waals surface area (Å²) in [5.74, 6) is 0. The minimum atomic E-state index is 0.349. The fourth-order valence-electron chi connectivity index (χ4n) is 2.36. The summed E-state index contributed by atoms with van der Waals surface area (Å²) in [6.07, 6.45) is 6.45. The van der Waals surface area contributed by atoms with E-state index < -0.39 is 0 Å². The molecule has 0 amide bonds. The van der Waals surface area contributed by atoms with E-state index in [-0.39, 0.29) is 0 Å². The molecule has 2 bridgehead atoms. The summed E-state index contributed by atoms with van der Waals surface area (Å²) in [5.41, 5.74) is 1.22. The number of hydrogen-bond donors (Lipinski definition) is 1. The van der Waals surface area contributed by atoms with Gasteiger partial charge >= 0.3 is 0 Å². The highest BCUT2D eigenvalue weighted by Crippen LogP contribution is 2.15. The van der Waals surface area contributed by atoms with Crippen molar-refractivity contribution in [1.29, 1.82) is 0 Å². The van der Waals surface area contributed by atoms with Crippen LogP contribution in [-0.4, -0.2) is 49.8 Å². The van der Waals surface area contributed by atoms with Crippen LogP contribution in [0.1, 0.15) is 0 Å². The molecule has 2 saturated heterocycles. The van der Waals surface area contributed by atoms with Crippen molar-refractivity contribution < 1.29 is 4.74 Å². The van der Waals surface area contributed by atoms with Crippen LogP contribution in [0, 0.1) is 0 Å². The van der Waals surface area contributed by atoms with Gasteiger partial charge in [0.15, 0.2) is 0 Å². The SMILES string of the molecule is C=C/C=C(\C=C)CN1CC2CNCC(C1)O2. The minimum absolute atomic E-state index is 0.349. The zero-order valence-corrected chi connectivity index (χ0v) is 9.69. The molecule has 1 N–H and O–H groups in total. The number of hydrogen-bond acceptors (Lipinski definition) is 3. The number of ether oxygens (including phenoxy) is 1. The van der Waals surface area contributed by atoms with E-state index in [9.17, 15) is 0 Å². The van der Waals surface area contributed by atoms with Crippen molar-refractivity contribution in [2.75, 3.05) is 32.7 Å². The number of nitrogens with zero attached hydrogens (tertiary/aromatic N) is 1. The first kappa shape index (κ1) is 11.6. The summed E-state index contributed by atoms with van der Waals surface area (Å²) < 4.78 is 5.86. The van der Waals surface area contributed by atoms with Gasteiger partial charge in [0.25, 0.3) is 0 Å². The number of nitrogens with one attached hydrogen (secondary N) is 1. The largest absolute Gasteiger partial charge is 0.370 e. The van der Waals surface area contributed by atoms with Crippen molar-refractivity contribution in [3.63, 3.8) is 0 Å². The van der Waals surface area contributed by atoms with Gasteiger partial charge in [-0.15, -0.1) is 0 Å². The average molecular weight is 220 g/mol. The average Bonchev–Trinajstić information content (AvgIpc) is 2.28. The molecule has 0 aromatic carbocycles. The molecule has 2 atom stereocenters. The molecule has 3 heteroatoms. The fourth-order valence-corrected chi connectivity index (χ4v) is 2.36. The van der Waals surface area contributed by atoms with Crippen molar-refractivity contribution >= 4 is 0 Å². The van der Waals surface area contributed by atoms with Crippen LogP contribution in [0.15, 0.2) is 37.0 Å². The highest BCUT2D eigenvalue weighted by atomic mass is 16.5. The van der Waals surface area contributed by atoms with Crippen LogP contribution in [-0.2, 0) is 4.74 Å². The molecule has 2 aliphatic rings. The summed E-state index contributed by atoms with van der Waals surface area (Å²) in [4.78, 5) is 2.44. The Kier molecular flexibility index (Phi) is 3.93. The third kappa shape index (κ3) is 2.82. The Bertz CT molecular complexity index is 286. The highest BCUT2D eigenvalue weighted by Gasteiger charge is 2.30. The molecule has 88 valence electrons. The second-order valence-electron chi connectivity index (χ2n) is 4.41. The lowest BCUT2D eigenvalue weighted by Gasteiger charge is -2.42. The van der Waals surface area contributed by atoms with Gasteiger partial charge in [-0.1, -0.05) is 31.4 Å². The van der Waals surface area contributed by atoms with Crippen molar-refractivity contribution in [2.45, 2.75) is 12.2 Å². The Hall–Kier alpha value is -0.900. The quantitative estimate of drug-likeness (QED) is 0.714. The Balaban J connectivity index is 1.92. The zero-order chi connectivity index (χ0) is 11.4. The molecule has 0 aliphatic carbocycles. The molecule has 2 rings (SSSR count). The summed E-state index contributed by atoms with van der Waals surface area (Å²) in [7, 11) is 0. The Labute approximate surface area is 97.5 Å². The molecule has 3 nitrogen and oxygen atoms in total. The van der Waals surface area contributed by atoms with Gasteiger partial charge in [-0.25, -0.2) is 0 Å². The van der Waals surface area contributed by atoms with E-state index >= 15 is 0 Å². The van der Waals surface area contributed by atoms with Gasteiger partial charge in [0, 0.05) is 32.7 Å². The van der Waals surface area contributed by atoms with Gasteiger partial charge in [0.2, 0.25) is 0 Å². The number of rotatable bonds is 4. The Morgan fingerprint density at radius 1 is 1.31 bits per heavy atom. The lowest BCUT2D eigenvalue weighted by atomic mass is 10.1. The van der Waals surface area contributed by atoms with E-state index in [2.05, 4.69) is 23.4 Å². The van der Waals surface area contributed by atoms with Crippen LogP contribution in [0.4, 0.5) is 0 Å². The van der Waals surface area contributed by atoms with Crippen LogP contribution in [0.3, 0.4) is 0 Å². The molecule has 0 spiro atoms. The zero-order valence-electron chi connectivity index (χ0n) is 9.69. The Morgan fingerprint density at radius 2 is 2.00 bits per heavy atom. The molecule has 2 aliphatic heterocycles. The van der Waals surface area contributed by atoms with Crippen LogP contribution in [0.2, 0.25) is 0 Å².